The van der Waals surface area contributed by atoms with Crippen molar-refractivity contribution in [2.24, 2.45) is 0 Å². The quantitative estimate of drug-likeness (QED) is 0.206. The van der Waals surface area contributed by atoms with Crippen LogP contribution < -0.4 is 4.74 Å². The molecule has 1 heteroatoms. The lowest BCUT2D eigenvalue weighted by Gasteiger charge is -2.29. The summed E-state index contributed by atoms with van der Waals surface area (Å²) in [7, 11) is 0. The highest BCUT2D eigenvalue weighted by Crippen LogP contribution is 2.40. The number of rotatable bonds is 17. The minimum Gasteiger partial charge on any atom is -0.461 e. The summed E-state index contributed by atoms with van der Waals surface area (Å²) in [5.74, 6) is 2.55. The van der Waals surface area contributed by atoms with Gasteiger partial charge < -0.3 is 4.74 Å². The van der Waals surface area contributed by atoms with Gasteiger partial charge >= 0.3 is 0 Å². The Morgan fingerprint density at radius 2 is 1.18 bits per heavy atom. The SMILES string of the molecule is CCCCCCCC1=C(CCCCCC)Oc2c(CCCCCCC)cc(C(C)(C)C)cc2C1. The van der Waals surface area contributed by atoms with Gasteiger partial charge in [-0.3, -0.25) is 0 Å². The molecule has 1 aliphatic heterocycles. The number of unbranched alkanes of at least 4 members (excludes halogenated alkanes) is 11. The molecule has 0 aromatic heterocycles. The highest BCUT2D eigenvalue weighted by molar-refractivity contribution is 5.51. The number of aryl methyl sites for hydroxylation is 1. The van der Waals surface area contributed by atoms with Gasteiger partial charge in [-0.05, 0) is 59.8 Å². The summed E-state index contributed by atoms with van der Waals surface area (Å²) in [6.07, 6.45) is 23.3. The van der Waals surface area contributed by atoms with Gasteiger partial charge in [-0.25, -0.2) is 0 Å². The first-order valence-corrected chi connectivity index (χ1v) is 15.0. The van der Waals surface area contributed by atoms with Crippen LogP contribution in [0.3, 0.4) is 0 Å². The molecule has 34 heavy (non-hydrogen) atoms. The molecule has 0 saturated heterocycles. The molecule has 0 unspecified atom stereocenters. The topological polar surface area (TPSA) is 9.23 Å². The molecule has 1 aliphatic rings. The summed E-state index contributed by atoms with van der Waals surface area (Å²) in [5.41, 5.74) is 6.17. The molecule has 194 valence electrons. The van der Waals surface area contributed by atoms with Crippen molar-refractivity contribution in [3.63, 3.8) is 0 Å². The standard InChI is InChI=1S/C33H56O/c1-7-10-13-16-18-21-27-24-29-26-30(33(4,5)6)25-28(22-19-17-14-11-8-2)32(29)34-31(27)23-20-15-12-9-3/h25-26H,7-24H2,1-6H3. The van der Waals surface area contributed by atoms with Crippen LogP contribution in [0.2, 0.25) is 0 Å². The Hall–Kier alpha value is -1.24. The van der Waals surface area contributed by atoms with Crippen molar-refractivity contribution in [1.29, 1.82) is 0 Å². The van der Waals surface area contributed by atoms with Gasteiger partial charge in [0.05, 0.1) is 0 Å². The summed E-state index contributed by atoms with van der Waals surface area (Å²) < 4.78 is 6.86. The number of allylic oxidation sites excluding steroid dienone is 2. The Bertz CT molecular complexity index is 734. The van der Waals surface area contributed by atoms with Crippen molar-refractivity contribution < 1.29 is 4.74 Å². The molecule has 1 aromatic carbocycles. The maximum Gasteiger partial charge on any atom is 0.133 e. The Balaban J connectivity index is 2.23. The average Bonchev–Trinajstić information content (AvgIpc) is 2.80. The van der Waals surface area contributed by atoms with E-state index in [1.54, 1.807) is 5.57 Å². The largest absolute Gasteiger partial charge is 0.461 e. The van der Waals surface area contributed by atoms with Crippen LogP contribution in [0.25, 0.3) is 0 Å². The molecule has 0 fully saturated rings. The van der Waals surface area contributed by atoms with Crippen LogP contribution in [0, 0.1) is 0 Å². The van der Waals surface area contributed by atoms with Crippen LogP contribution >= 0.6 is 0 Å². The minimum atomic E-state index is 0.177. The predicted octanol–water partition coefficient (Wildman–Crippen LogP) is 11.0. The van der Waals surface area contributed by atoms with Gasteiger partial charge in [-0.1, -0.05) is 124 Å². The fourth-order valence-electron chi connectivity index (χ4n) is 5.19. The van der Waals surface area contributed by atoms with Crippen LogP contribution in [-0.4, -0.2) is 0 Å². The van der Waals surface area contributed by atoms with Crippen molar-refractivity contribution >= 4 is 0 Å². The Labute approximate surface area is 213 Å². The highest BCUT2D eigenvalue weighted by Gasteiger charge is 2.25. The fraction of sp³-hybridized carbons (Fsp3) is 0.758. The molecule has 0 spiro atoms. The van der Waals surface area contributed by atoms with Crippen LogP contribution in [0.4, 0.5) is 0 Å². The van der Waals surface area contributed by atoms with E-state index >= 15 is 0 Å². The van der Waals surface area contributed by atoms with E-state index in [0.717, 1.165) is 19.3 Å². The third-order valence-corrected chi connectivity index (χ3v) is 7.52. The number of ether oxygens (including phenoxy) is 1. The molecule has 0 bridgehead atoms. The lowest BCUT2D eigenvalue weighted by atomic mass is 9.82. The van der Waals surface area contributed by atoms with Crippen LogP contribution in [0.15, 0.2) is 23.5 Å². The number of fused-ring (bicyclic) bond motifs is 1. The van der Waals surface area contributed by atoms with Crippen molar-refractivity contribution in [2.75, 3.05) is 0 Å². The van der Waals surface area contributed by atoms with Crippen molar-refractivity contribution in [3.05, 3.63) is 40.2 Å². The second-order valence-corrected chi connectivity index (χ2v) is 11.8. The van der Waals surface area contributed by atoms with E-state index in [0.29, 0.717) is 0 Å². The van der Waals surface area contributed by atoms with Gasteiger partial charge in [0.25, 0.3) is 0 Å². The van der Waals surface area contributed by atoms with Gasteiger partial charge in [0, 0.05) is 12.8 Å². The summed E-state index contributed by atoms with van der Waals surface area (Å²) in [6.45, 7) is 14.0. The zero-order valence-corrected chi connectivity index (χ0v) is 23.8. The second kappa shape index (κ2) is 15.7. The molecule has 0 radical (unpaired) electrons. The highest BCUT2D eigenvalue weighted by atomic mass is 16.5. The maximum atomic E-state index is 6.86. The number of hydrogen-bond acceptors (Lipinski definition) is 1. The number of hydrogen-bond donors (Lipinski definition) is 0. The third kappa shape index (κ3) is 9.79. The van der Waals surface area contributed by atoms with E-state index in [-0.39, 0.29) is 5.41 Å². The predicted molar refractivity (Wildman–Crippen MR) is 151 cm³/mol. The minimum absolute atomic E-state index is 0.177. The first-order valence-electron chi connectivity index (χ1n) is 15.0. The molecule has 1 nitrogen and oxygen atoms in total. The molecule has 0 saturated carbocycles. The monoisotopic (exact) mass is 468 g/mol. The van der Waals surface area contributed by atoms with Crippen LogP contribution in [-0.2, 0) is 18.3 Å². The van der Waals surface area contributed by atoms with Gasteiger partial charge in [-0.15, -0.1) is 0 Å². The van der Waals surface area contributed by atoms with Gasteiger partial charge in [0.1, 0.15) is 11.5 Å². The molecule has 0 N–H and O–H groups in total. The fourth-order valence-corrected chi connectivity index (χ4v) is 5.19. The van der Waals surface area contributed by atoms with Crippen molar-refractivity contribution in [2.45, 2.75) is 163 Å². The van der Waals surface area contributed by atoms with Crippen molar-refractivity contribution in [1.82, 2.24) is 0 Å². The summed E-state index contributed by atoms with van der Waals surface area (Å²) in [4.78, 5) is 0. The summed E-state index contributed by atoms with van der Waals surface area (Å²) in [6, 6.07) is 4.95. The van der Waals surface area contributed by atoms with E-state index in [9.17, 15) is 0 Å². The van der Waals surface area contributed by atoms with E-state index in [1.807, 2.05) is 0 Å². The van der Waals surface area contributed by atoms with Gasteiger partial charge in [-0.2, -0.15) is 0 Å². The van der Waals surface area contributed by atoms with E-state index in [2.05, 4.69) is 53.7 Å². The Kier molecular flexibility index (Phi) is 13.4. The van der Waals surface area contributed by atoms with Crippen LogP contribution in [0.1, 0.15) is 161 Å². The lowest BCUT2D eigenvalue weighted by molar-refractivity contribution is 0.363. The number of benzene rings is 1. The molecule has 1 heterocycles. The molecule has 0 aliphatic carbocycles. The van der Waals surface area contributed by atoms with Gasteiger partial charge in [0.15, 0.2) is 0 Å². The average molecular weight is 469 g/mol. The van der Waals surface area contributed by atoms with E-state index in [4.69, 9.17) is 4.74 Å². The smallest absolute Gasteiger partial charge is 0.133 e. The van der Waals surface area contributed by atoms with E-state index < -0.39 is 0 Å². The molecule has 0 atom stereocenters. The second-order valence-electron chi connectivity index (χ2n) is 11.8. The van der Waals surface area contributed by atoms with Crippen LogP contribution in [0.5, 0.6) is 5.75 Å². The lowest BCUT2D eigenvalue weighted by Crippen LogP contribution is -2.17. The molecule has 0 amide bonds. The molecular weight excluding hydrogens is 412 g/mol. The third-order valence-electron chi connectivity index (χ3n) is 7.52. The Morgan fingerprint density at radius 1 is 0.647 bits per heavy atom. The summed E-state index contributed by atoms with van der Waals surface area (Å²) in [5, 5.41) is 0. The van der Waals surface area contributed by atoms with E-state index in [1.165, 1.54) is 125 Å². The summed E-state index contributed by atoms with van der Waals surface area (Å²) >= 11 is 0. The Morgan fingerprint density at radius 3 is 1.76 bits per heavy atom. The van der Waals surface area contributed by atoms with Gasteiger partial charge in [0.2, 0.25) is 0 Å². The normalized spacial score (nSPS) is 13.8. The molecule has 2 rings (SSSR count). The zero-order valence-electron chi connectivity index (χ0n) is 23.8. The first-order chi connectivity index (χ1) is 16.4. The zero-order chi connectivity index (χ0) is 24.8. The molecule has 1 aromatic rings. The van der Waals surface area contributed by atoms with Crippen molar-refractivity contribution in [3.8, 4) is 5.75 Å². The maximum absolute atomic E-state index is 6.86. The first kappa shape index (κ1) is 29.0. The molecular formula is C33H56O.